The molecule has 4 nitrogen and oxygen atoms in total. The molecule has 0 aliphatic carbocycles. The first-order chi connectivity index (χ1) is 9.52. The molecule has 2 aromatic carbocycles. The Morgan fingerprint density at radius 1 is 1.20 bits per heavy atom. The third kappa shape index (κ3) is 2.74. The maximum atomic E-state index is 12.3. The van der Waals surface area contributed by atoms with Crippen LogP contribution >= 0.6 is 0 Å². The van der Waals surface area contributed by atoms with Crippen LogP contribution in [0.2, 0.25) is 0 Å². The van der Waals surface area contributed by atoms with Gasteiger partial charge in [-0.2, -0.15) is 0 Å². The van der Waals surface area contributed by atoms with Crippen LogP contribution in [0.3, 0.4) is 0 Å². The lowest BCUT2D eigenvalue weighted by Crippen LogP contribution is -2.15. The minimum Gasteiger partial charge on any atom is -0.495 e. The highest BCUT2D eigenvalue weighted by Crippen LogP contribution is 2.26. The number of rotatable bonds is 3. The molecule has 0 aromatic heterocycles. The number of aryl methyl sites for hydroxylation is 2. The first-order valence-electron chi connectivity index (χ1n) is 6.34. The van der Waals surface area contributed by atoms with Gasteiger partial charge < -0.3 is 15.8 Å². The molecule has 3 N–H and O–H groups in total. The number of nitrogens with two attached hydrogens (primary N) is 1. The zero-order valence-corrected chi connectivity index (χ0v) is 11.9. The number of anilines is 2. The van der Waals surface area contributed by atoms with Crippen molar-refractivity contribution in [1.82, 2.24) is 0 Å². The number of nitrogen functional groups attached to an aromatic ring is 1. The molecule has 20 heavy (non-hydrogen) atoms. The highest BCUT2D eigenvalue weighted by Gasteiger charge is 2.14. The third-order valence-electron chi connectivity index (χ3n) is 3.17. The van der Waals surface area contributed by atoms with Crippen molar-refractivity contribution in [1.29, 1.82) is 0 Å². The Kier molecular flexibility index (Phi) is 3.94. The van der Waals surface area contributed by atoms with E-state index in [0.29, 0.717) is 17.0 Å². The summed E-state index contributed by atoms with van der Waals surface area (Å²) >= 11 is 0. The van der Waals surface area contributed by atoms with Crippen LogP contribution < -0.4 is 15.8 Å². The summed E-state index contributed by atoms with van der Waals surface area (Å²) in [4.78, 5) is 12.3. The van der Waals surface area contributed by atoms with Crippen molar-refractivity contribution in [2.45, 2.75) is 13.8 Å². The first-order valence-corrected chi connectivity index (χ1v) is 6.34. The second kappa shape index (κ2) is 5.65. The predicted octanol–water partition coefficient (Wildman–Crippen LogP) is 3.15. The number of nitrogens with one attached hydrogen (secondary N) is 1. The number of amides is 1. The normalized spacial score (nSPS) is 10.2. The van der Waals surface area contributed by atoms with Crippen molar-refractivity contribution in [2.24, 2.45) is 0 Å². The summed E-state index contributed by atoms with van der Waals surface area (Å²) in [6.07, 6.45) is 0. The second-order valence-corrected chi connectivity index (χ2v) is 4.69. The van der Waals surface area contributed by atoms with Crippen LogP contribution in [0.1, 0.15) is 21.5 Å². The van der Waals surface area contributed by atoms with Crippen molar-refractivity contribution in [3.8, 4) is 5.75 Å². The van der Waals surface area contributed by atoms with Gasteiger partial charge in [-0.3, -0.25) is 4.79 Å². The first kappa shape index (κ1) is 13.9. The van der Waals surface area contributed by atoms with E-state index in [-0.39, 0.29) is 5.91 Å². The van der Waals surface area contributed by atoms with Crippen molar-refractivity contribution in [3.05, 3.63) is 53.1 Å². The van der Waals surface area contributed by atoms with Gasteiger partial charge in [0.1, 0.15) is 5.75 Å². The Morgan fingerprint density at radius 2 is 1.95 bits per heavy atom. The number of carbonyl (C=O) groups excluding carboxylic acids is 1. The molecule has 0 saturated carbocycles. The lowest BCUT2D eigenvalue weighted by atomic mass is 10.1. The number of hydrogen-bond donors (Lipinski definition) is 2. The lowest BCUT2D eigenvalue weighted by molar-refractivity contribution is 0.102. The molecule has 0 atom stereocenters. The molecule has 0 spiro atoms. The third-order valence-corrected chi connectivity index (χ3v) is 3.17. The molecule has 0 heterocycles. The van der Waals surface area contributed by atoms with E-state index >= 15 is 0 Å². The largest absolute Gasteiger partial charge is 0.495 e. The Hall–Kier alpha value is -2.49. The Labute approximate surface area is 118 Å². The minimum absolute atomic E-state index is 0.241. The average Bonchev–Trinajstić information content (AvgIpc) is 2.43. The molecule has 4 heteroatoms. The molecule has 0 saturated heterocycles. The van der Waals surface area contributed by atoms with Crippen LogP contribution in [0.25, 0.3) is 0 Å². The van der Waals surface area contributed by atoms with Gasteiger partial charge in [0.2, 0.25) is 0 Å². The molecule has 0 unspecified atom stereocenters. The second-order valence-electron chi connectivity index (χ2n) is 4.69. The van der Waals surface area contributed by atoms with Gasteiger partial charge in [0, 0.05) is 5.69 Å². The summed E-state index contributed by atoms with van der Waals surface area (Å²) in [5, 5.41) is 2.88. The van der Waals surface area contributed by atoms with Gasteiger partial charge >= 0.3 is 0 Å². The van der Waals surface area contributed by atoms with E-state index in [9.17, 15) is 4.79 Å². The predicted molar refractivity (Wildman–Crippen MR) is 81.3 cm³/mol. The van der Waals surface area contributed by atoms with E-state index in [1.54, 1.807) is 18.2 Å². The van der Waals surface area contributed by atoms with Gasteiger partial charge in [-0.1, -0.05) is 18.2 Å². The fraction of sp³-hybridized carbons (Fsp3) is 0.188. The maximum Gasteiger partial charge on any atom is 0.257 e. The highest BCUT2D eigenvalue weighted by atomic mass is 16.5. The highest BCUT2D eigenvalue weighted by molar-refractivity contribution is 6.08. The quantitative estimate of drug-likeness (QED) is 0.842. The van der Waals surface area contributed by atoms with Crippen LogP contribution in [-0.4, -0.2) is 13.0 Å². The van der Waals surface area contributed by atoms with E-state index in [1.165, 1.54) is 7.11 Å². The van der Waals surface area contributed by atoms with Crippen LogP contribution in [0.4, 0.5) is 11.4 Å². The molecule has 0 fully saturated rings. The summed E-state index contributed by atoms with van der Waals surface area (Å²) in [5.74, 6) is 0.258. The summed E-state index contributed by atoms with van der Waals surface area (Å²) < 4.78 is 5.12. The minimum atomic E-state index is -0.241. The molecule has 0 aliphatic rings. The topological polar surface area (TPSA) is 64.3 Å². The molecule has 2 aromatic rings. The zero-order valence-electron chi connectivity index (χ0n) is 11.9. The average molecular weight is 270 g/mol. The number of carbonyl (C=O) groups is 1. The van der Waals surface area contributed by atoms with Crippen molar-refractivity contribution < 1.29 is 9.53 Å². The van der Waals surface area contributed by atoms with E-state index in [2.05, 4.69) is 5.32 Å². The van der Waals surface area contributed by atoms with Crippen LogP contribution in [0.15, 0.2) is 36.4 Å². The maximum absolute atomic E-state index is 12.3. The Balaban J connectivity index is 2.31. The van der Waals surface area contributed by atoms with Crippen molar-refractivity contribution in [3.63, 3.8) is 0 Å². The van der Waals surface area contributed by atoms with Gasteiger partial charge in [-0.05, 0) is 43.2 Å². The fourth-order valence-corrected chi connectivity index (χ4v) is 1.98. The van der Waals surface area contributed by atoms with Crippen LogP contribution in [-0.2, 0) is 0 Å². The number of para-hydroxylation sites is 1. The fourth-order valence-electron chi connectivity index (χ4n) is 1.98. The molecule has 0 radical (unpaired) electrons. The molecule has 104 valence electrons. The van der Waals surface area contributed by atoms with Gasteiger partial charge in [0.05, 0.1) is 18.4 Å². The number of ether oxygens (including phenoxy) is 1. The van der Waals surface area contributed by atoms with Gasteiger partial charge in [-0.15, -0.1) is 0 Å². The van der Waals surface area contributed by atoms with E-state index < -0.39 is 0 Å². The SMILES string of the molecule is COc1cccc(C(=O)Nc2cc(C)ccc2C)c1N. The van der Waals surface area contributed by atoms with Gasteiger partial charge in [0.25, 0.3) is 5.91 Å². The van der Waals surface area contributed by atoms with Gasteiger partial charge in [0.15, 0.2) is 0 Å². The zero-order chi connectivity index (χ0) is 14.7. The molecule has 0 bridgehead atoms. The van der Waals surface area contributed by atoms with Crippen molar-refractivity contribution >= 4 is 17.3 Å². The molecular formula is C16H18N2O2. The van der Waals surface area contributed by atoms with Crippen molar-refractivity contribution in [2.75, 3.05) is 18.2 Å². The van der Waals surface area contributed by atoms with Crippen LogP contribution in [0.5, 0.6) is 5.75 Å². The number of hydrogen-bond acceptors (Lipinski definition) is 3. The summed E-state index contributed by atoms with van der Waals surface area (Å²) in [6, 6.07) is 11.1. The summed E-state index contributed by atoms with van der Waals surface area (Å²) in [5.41, 5.74) is 9.56. The molecule has 0 aliphatic heterocycles. The monoisotopic (exact) mass is 270 g/mol. The van der Waals surface area contributed by atoms with Crippen LogP contribution in [0, 0.1) is 13.8 Å². The molecular weight excluding hydrogens is 252 g/mol. The summed E-state index contributed by atoms with van der Waals surface area (Å²) in [6.45, 7) is 3.93. The van der Waals surface area contributed by atoms with Gasteiger partial charge in [-0.25, -0.2) is 0 Å². The Morgan fingerprint density at radius 3 is 2.65 bits per heavy atom. The smallest absolute Gasteiger partial charge is 0.257 e. The Bertz CT molecular complexity index is 651. The van der Waals surface area contributed by atoms with E-state index in [0.717, 1.165) is 16.8 Å². The molecule has 2 rings (SSSR count). The number of benzene rings is 2. The lowest BCUT2D eigenvalue weighted by Gasteiger charge is -2.12. The molecule has 1 amide bonds. The number of methoxy groups -OCH3 is 1. The summed E-state index contributed by atoms with van der Waals surface area (Å²) in [7, 11) is 1.53. The van der Waals surface area contributed by atoms with E-state index in [1.807, 2.05) is 32.0 Å². The van der Waals surface area contributed by atoms with E-state index in [4.69, 9.17) is 10.5 Å². The standard InChI is InChI=1S/C16H18N2O2/c1-10-7-8-11(2)13(9-10)18-16(19)12-5-4-6-14(20-3)15(12)17/h4-9H,17H2,1-3H3,(H,18,19).